The molecule has 1 aromatic carbocycles. The Bertz CT molecular complexity index is 1180. The van der Waals surface area contributed by atoms with Crippen LogP contribution < -0.4 is 15.4 Å². The number of fused-ring (bicyclic) bond motifs is 1. The summed E-state index contributed by atoms with van der Waals surface area (Å²) in [7, 11) is 1.92. The van der Waals surface area contributed by atoms with Crippen molar-refractivity contribution in [2.24, 2.45) is 7.05 Å². The predicted molar refractivity (Wildman–Crippen MR) is 132 cm³/mol. The number of hydrogen-bond acceptors (Lipinski definition) is 7. The van der Waals surface area contributed by atoms with E-state index in [4.69, 9.17) is 14.6 Å². The molecule has 202 valence electrons. The molecular formula is C25H33F3N6O3. The molecule has 1 saturated carbocycles. The van der Waals surface area contributed by atoms with Crippen molar-refractivity contribution in [2.45, 2.75) is 69.0 Å². The molecule has 9 nitrogen and oxygen atoms in total. The van der Waals surface area contributed by atoms with Crippen molar-refractivity contribution in [2.75, 3.05) is 25.1 Å². The second-order valence-electron chi connectivity index (χ2n) is 9.93. The molecule has 3 aromatic rings. The zero-order chi connectivity index (χ0) is 26.0. The summed E-state index contributed by atoms with van der Waals surface area (Å²) in [4.78, 5) is 4.54. The van der Waals surface area contributed by atoms with Crippen molar-refractivity contribution in [3.8, 4) is 5.75 Å². The third-order valence-corrected chi connectivity index (χ3v) is 7.14. The summed E-state index contributed by atoms with van der Waals surface area (Å²) < 4.78 is 53.4. The number of aryl methyl sites for hydroxylation is 1. The Kier molecular flexibility index (Phi) is 7.59. The van der Waals surface area contributed by atoms with E-state index in [1.807, 2.05) is 40.7 Å². The van der Waals surface area contributed by atoms with Crippen LogP contribution in [0.5, 0.6) is 5.75 Å². The van der Waals surface area contributed by atoms with Crippen LogP contribution in [-0.2, 0) is 11.8 Å². The Balaban J connectivity index is 1.23. The molecule has 0 radical (unpaired) electrons. The highest BCUT2D eigenvalue weighted by Gasteiger charge is 2.38. The molecule has 0 spiro atoms. The molecule has 2 aliphatic rings. The molecule has 2 atom stereocenters. The Morgan fingerprint density at radius 2 is 2.03 bits per heavy atom. The first kappa shape index (κ1) is 25.8. The molecule has 1 aliphatic heterocycles. The zero-order valence-electron chi connectivity index (χ0n) is 20.7. The number of aromatic nitrogens is 4. The van der Waals surface area contributed by atoms with Gasteiger partial charge in [0.2, 0.25) is 0 Å². The lowest BCUT2D eigenvalue weighted by Crippen LogP contribution is -2.44. The Labute approximate surface area is 212 Å². The first-order valence-electron chi connectivity index (χ1n) is 12.8. The van der Waals surface area contributed by atoms with E-state index in [-0.39, 0.29) is 18.2 Å². The fourth-order valence-corrected chi connectivity index (χ4v) is 5.02. The van der Waals surface area contributed by atoms with Gasteiger partial charge in [-0.1, -0.05) is 0 Å². The Morgan fingerprint density at radius 3 is 2.76 bits per heavy atom. The van der Waals surface area contributed by atoms with Crippen molar-refractivity contribution in [1.82, 2.24) is 24.6 Å². The fraction of sp³-hybridized carbons (Fsp3) is 0.600. The molecule has 2 fully saturated rings. The van der Waals surface area contributed by atoms with Crippen LogP contribution in [0.4, 0.5) is 24.7 Å². The van der Waals surface area contributed by atoms with Crippen LogP contribution in [0.15, 0.2) is 30.7 Å². The molecule has 0 amide bonds. The van der Waals surface area contributed by atoms with Crippen LogP contribution in [0.2, 0.25) is 0 Å². The minimum atomic E-state index is -4.61. The fourth-order valence-electron chi connectivity index (χ4n) is 5.02. The van der Waals surface area contributed by atoms with E-state index in [2.05, 4.69) is 15.6 Å². The highest BCUT2D eigenvalue weighted by Crippen LogP contribution is 2.33. The predicted octanol–water partition coefficient (Wildman–Crippen LogP) is 4.07. The van der Waals surface area contributed by atoms with E-state index in [9.17, 15) is 18.3 Å². The number of alkyl halides is 3. The van der Waals surface area contributed by atoms with Crippen LogP contribution >= 0.6 is 0 Å². The highest BCUT2D eigenvalue weighted by atomic mass is 19.4. The second kappa shape index (κ2) is 10.9. The summed E-state index contributed by atoms with van der Waals surface area (Å²) in [5.74, 6) is 1.41. The first-order valence-corrected chi connectivity index (χ1v) is 12.8. The molecule has 1 saturated heterocycles. The van der Waals surface area contributed by atoms with Crippen LogP contribution in [-0.4, -0.2) is 68.6 Å². The summed E-state index contributed by atoms with van der Waals surface area (Å²) in [5.41, 5.74) is 2.51. The van der Waals surface area contributed by atoms with Crippen molar-refractivity contribution >= 4 is 22.5 Å². The smallest absolute Gasteiger partial charge is 0.415 e. The SMILES string of the molecule is Cn1cnc2c(Nc3ccn(C4CCCOC4)n3)cc(O[C@H]3CC[C@@H](NCC(O)C(F)(F)F)CC3)cc21. The lowest BCUT2D eigenvalue weighted by molar-refractivity contribution is -0.202. The van der Waals surface area contributed by atoms with Gasteiger partial charge in [0.05, 0.1) is 36.3 Å². The van der Waals surface area contributed by atoms with Gasteiger partial charge < -0.3 is 29.8 Å². The largest absolute Gasteiger partial charge is 0.490 e. The maximum atomic E-state index is 12.5. The van der Waals surface area contributed by atoms with Gasteiger partial charge in [0.15, 0.2) is 11.9 Å². The number of nitrogens with zero attached hydrogens (tertiary/aromatic N) is 4. The first-order chi connectivity index (χ1) is 17.8. The minimum absolute atomic E-state index is 0.0466. The molecule has 2 aromatic heterocycles. The minimum Gasteiger partial charge on any atom is -0.490 e. The maximum absolute atomic E-state index is 12.5. The van der Waals surface area contributed by atoms with Crippen LogP contribution in [0.3, 0.4) is 0 Å². The summed E-state index contributed by atoms with van der Waals surface area (Å²) in [6, 6.07) is 5.96. The maximum Gasteiger partial charge on any atom is 0.415 e. The average Bonchev–Trinajstić information content (AvgIpc) is 3.50. The van der Waals surface area contributed by atoms with Gasteiger partial charge in [-0.05, 0) is 38.5 Å². The number of nitrogens with one attached hydrogen (secondary N) is 2. The molecule has 3 N–H and O–H groups in total. The molecule has 2 unspecified atom stereocenters. The molecular weight excluding hydrogens is 489 g/mol. The van der Waals surface area contributed by atoms with Crippen LogP contribution in [0, 0.1) is 0 Å². The lowest BCUT2D eigenvalue weighted by atomic mass is 9.93. The zero-order valence-corrected chi connectivity index (χ0v) is 20.7. The molecule has 0 bridgehead atoms. The summed E-state index contributed by atoms with van der Waals surface area (Å²) >= 11 is 0. The third kappa shape index (κ3) is 6.19. The second-order valence-corrected chi connectivity index (χ2v) is 9.93. The van der Waals surface area contributed by atoms with E-state index in [1.54, 1.807) is 6.33 Å². The van der Waals surface area contributed by atoms with Crippen molar-refractivity contribution in [1.29, 1.82) is 0 Å². The van der Waals surface area contributed by atoms with E-state index >= 15 is 0 Å². The van der Waals surface area contributed by atoms with E-state index in [0.29, 0.717) is 43.9 Å². The van der Waals surface area contributed by atoms with Gasteiger partial charge in [-0.25, -0.2) is 4.98 Å². The van der Waals surface area contributed by atoms with Crippen molar-refractivity contribution in [3.05, 3.63) is 30.7 Å². The number of anilines is 2. The molecule has 3 heterocycles. The van der Waals surface area contributed by atoms with Gasteiger partial charge in [0.25, 0.3) is 0 Å². The van der Waals surface area contributed by atoms with Crippen molar-refractivity contribution < 1.29 is 27.8 Å². The number of imidazole rings is 1. The van der Waals surface area contributed by atoms with Gasteiger partial charge >= 0.3 is 6.18 Å². The normalized spacial score (nSPS) is 23.8. The molecule has 1 aliphatic carbocycles. The summed E-state index contributed by atoms with van der Waals surface area (Å²) in [6.07, 6.45) is 1.54. The van der Waals surface area contributed by atoms with Crippen molar-refractivity contribution in [3.63, 3.8) is 0 Å². The topological polar surface area (TPSA) is 98.4 Å². The monoisotopic (exact) mass is 522 g/mol. The van der Waals surface area contributed by atoms with Crippen LogP contribution in [0.25, 0.3) is 11.0 Å². The van der Waals surface area contributed by atoms with Gasteiger partial charge in [-0.2, -0.15) is 18.3 Å². The molecule has 5 rings (SSSR count). The number of hydrogen-bond donors (Lipinski definition) is 3. The van der Waals surface area contributed by atoms with E-state index in [1.165, 1.54) is 0 Å². The van der Waals surface area contributed by atoms with Crippen LogP contribution in [0.1, 0.15) is 44.6 Å². The number of aliphatic hydroxyl groups is 1. The molecule has 37 heavy (non-hydrogen) atoms. The number of ether oxygens (including phenoxy) is 2. The van der Waals surface area contributed by atoms with Gasteiger partial charge in [-0.15, -0.1) is 0 Å². The van der Waals surface area contributed by atoms with Gasteiger partial charge in [0.1, 0.15) is 11.3 Å². The Morgan fingerprint density at radius 1 is 1.22 bits per heavy atom. The lowest BCUT2D eigenvalue weighted by Gasteiger charge is -2.30. The number of halogens is 3. The third-order valence-electron chi connectivity index (χ3n) is 7.14. The van der Waals surface area contributed by atoms with E-state index in [0.717, 1.165) is 36.2 Å². The summed E-state index contributed by atoms with van der Waals surface area (Å²) in [5, 5.41) is 20.1. The average molecular weight is 523 g/mol. The highest BCUT2D eigenvalue weighted by molar-refractivity contribution is 5.91. The number of aliphatic hydroxyl groups excluding tert-OH is 1. The van der Waals surface area contributed by atoms with E-state index < -0.39 is 18.8 Å². The number of rotatable bonds is 8. The molecule has 12 heteroatoms. The quantitative estimate of drug-likeness (QED) is 0.410. The summed E-state index contributed by atoms with van der Waals surface area (Å²) in [6.45, 7) is 0.970. The van der Waals surface area contributed by atoms with Gasteiger partial charge in [-0.3, -0.25) is 4.68 Å². The standard InChI is InChI=1S/C25H33F3N6O3/c1-33-15-30-24-20(31-23-8-9-34(32-23)17-3-2-10-36-14-17)11-19(12-21(24)33)37-18-6-4-16(5-7-18)29-13-22(35)25(26,27)28/h8-9,11-12,15-18,22,29,35H,2-7,10,13-14H2,1H3,(H,31,32)/t16-,17?,18+,22?. The number of benzene rings is 1. The Hall–Kier alpha value is -2.83. The van der Waals surface area contributed by atoms with Gasteiger partial charge in [0, 0.05) is 50.6 Å².